The van der Waals surface area contributed by atoms with Crippen molar-refractivity contribution in [1.29, 1.82) is 0 Å². The molecule has 0 radical (unpaired) electrons. The zero-order chi connectivity index (χ0) is 23.2. The van der Waals surface area contributed by atoms with Gasteiger partial charge in [-0.25, -0.2) is 0 Å². The van der Waals surface area contributed by atoms with Crippen molar-refractivity contribution in [3.05, 3.63) is 65.2 Å². The van der Waals surface area contributed by atoms with Gasteiger partial charge in [0.15, 0.2) is 0 Å². The first-order valence-electron chi connectivity index (χ1n) is 12.6. The Kier molecular flexibility index (Phi) is 5.98. The van der Waals surface area contributed by atoms with Gasteiger partial charge < -0.3 is 14.7 Å². The fourth-order valence-corrected chi connectivity index (χ4v) is 7.09. The highest BCUT2D eigenvalue weighted by molar-refractivity contribution is 5.79. The van der Waals surface area contributed by atoms with E-state index in [0.29, 0.717) is 30.9 Å². The topological polar surface area (TPSA) is 49.8 Å². The quantitative estimate of drug-likeness (QED) is 0.686. The van der Waals surface area contributed by atoms with Crippen molar-refractivity contribution in [2.24, 2.45) is 23.2 Å². The molecule has 0 spiro atoms. The van der Waals surface area contributed by atoms with Crippen molar-refractivity contribution >= 4 is 5.91 Å². The summed E-state index contributed by atoms with van der Waals surface area (Å²) in [5, 5.41) is 11.3. The molecule has 0 aromatic heterocycles. The lowest BCUT2D eigenvalue weighted by Gasteiger charge is -2.50. The molecule has 3 aliphatic rings. The van der Waals surface area contributed by atoms with Gasteiger partial charge in [-0.1, -0.05) is 43.3 Å². The van der Waals surface area contributed by atoms with Gasteiger partial charge in [-0.3, -0.25) is 4.79 Å². The highest BCUT2D eigenvalue weighted by Gasteiger charge is 2.59. The molecule has 1 amide bonds. The van der Waals surface area contributed by atoms with E-state index in [1.165, 1.54) is 16.7 Å². The minimum absolute atomic E-state index is 0.119. The lowest BCUT2D eigenvalue weighted by atomic mass is 9.55. The predicted octanol–water partition coefficient (Wildman–Crippen LogP) is 5.19. The lowest BCUT2D eigenvalue weighted by molar-refractivity contribution is -0.138. The number of fused-ring (bicyclic) bond motifs is 5. The van der Waals surface area contributed by atoms with Crippen LogP contribution >= 0.6 is 0 Å². The fraction of sp³-hybridized carbons (Fsp3) is 0.552. The Hall–Kier alpha value is -2.33. The first kappa shape index (κ1) is 22.5. The van der Waals surface area contributed by atoms with Crippen LogP contribution in [-0.4, -0.2) is 35.6 Å². The molecule has 0 saturated heterocycles. The Bertz CT molecular complexity index is 1010. The van der Waals surface area contributed by atoms with Gasteiger partial charge in [-0.15, -0.1) is 0 Å². The second-order valence-corrected chi connectivity index (χ2v) is 10.7. The molecule has 0 heterocycles. The van der Waals surface area contributed by atoms with Crippen LogP contribution in [-0.2, 0) is 17.8 Å². The first-order chi connectivity index (χ1) is 15.9. The zero-order valence-corrected chi connectivity index (χ0v) is 20.2. The van der Waals surface area contributed by atoms with Gasteiger partial charge in [-0.05, 0) is 91.0 Å². The highest BCUT2D eigenvalue weighted by atomic mass is 16.5. The van der Waals surface area contributed by atoms with E-state index in [2.05, 4.69) is 37.3 Å². The van der Waals surface area contributed by atoms with E-state index in [1.807, 2.05) is 32.2 Å². The summed E-state index contributed by atoms with van der Waals surface area (Å²) in [6, 6.07) is 17.0. The number of carbonyl (C=O) groups excluding carboxylic acids is 1. The van der Waals surface area contributed by atoms with Gasteiger partial charge in [0.05, 0.1) is 12.0 Å². The summed E-state index contributed by atoms with van der Waals surface area (Å²) in [6.07, 6.45) is 4.57. The van der Waals surface area contributed by atoms with Crippen LogP contribution in [0.3, 0.4) is 0 Å². The molecule has 1 N–H and O–H groups in total. The molecule has 2 aromatic carbocycles. The molecular weight excluding hydrogens is 410 g/mol. The predicted molar refractivity (Wildman–Crippen MR) is 130 cm³/mol. The summed E-state index contributed by atoms with van der Waals surface area (Å²) in [7, 11) is 1.86. The van der Waals surface area contributed by atoms with Gasteiger partial charge in [0.25, 0.3) is 0 Å². The molecule has 2 aromatic rings. The zero-order valence-electron chi connectivity index (χ0n) is 20.2. The molecule has 2 saturated carbocycles. The number of rotatable bonds is 5. The molecule has 0 aliphatic heterocycles. The third kappa shape index (κ3) is 3.86. The number of aliphatic hydroxyl groups excluding tert-OH is 1. The molecule has 3 aliphatic carbocycles. The van der Waals surface area contributed by atoms with Crippen molar-refractivity contribution in [2.45, 2.75) is 64.6 Å². The first-order valence-corrected chi connectivity index (χ1v) is 12.6. The number of benzene rings is 2. The normalized spacial score (nSPS) is 32.4. The summed E-state index contributed by atoms with van der Waals surface area (Å²) in [6.45, 7) is 5.52. The van der Waals surface area contributed by atoms with Crippen molar-refractivity contribution < 1.29 is 14.6 Å². The summed E-state index contributed by atoms with van der Waals surface area (Å²) >= 11 is 0. The number of ether oxygens (including phenoxy) is 1. The summed E-state index contributed by atoms with van der Waals surface area (Å²) < 4.78 is 6.09. The Morgan fingerprint density at radius 1 is 1.18 bits per heavy atom. The third-order valence-corrected chi connectivity index (χ3v) is 9.12. The van der Waals surface area contributed by atoms with Crippen LogP contribution in [0.2, 0.25) is 0 Å². The number of hydrogen-bond donors (Lipinski definition) is 1. The number of carbonyl (C=O) groups is 1. The molecule has 4 unspecified atom stereocenters. The maximum Gasteiger partial charge on any atom is 0.228 e. The second-order valence-electron chi connectivity index (χ2n) is 10.7. The van der Waals surface area contributed by atoms with Crippen LogP contribution in [0.4, 0.5) is 0 Å². The standard InChI is InChI=1S/C29H37NO3/c1-4-30(3)28(32)25-17-26-24-12-10-20-16-21(33-18-19-8-6-5-7-9-19)11-13-22(20)23(24)14-15-29(26,2)27(25)31/h5-9,11,13,16,23-27,31H,4,10,12,14-15,17-18H2,1-3H3/t23?,24?,25?,26?,27-,29-/m0/s1. The number of nitrogens with zero attached hydrogens (tertiary/aromatic N) is 1. The molecule has 176 valence electrons. The average Bonchev–Trinajstić information content (AvgIpc) is 3.12. The van der Waals surface area contributed by atoms with Crippen molar-refractivity contribution in [1.82, 2.24) is 4.90 Å². The van der Waals surface area contributed by atoms with Gasteiger partial charge in [0.2, 0.25) is 5.91 Å². The fourth-order valence-electron chi connectivity index (χ4n) is 7.09. The van der Waals surface area contributed by atoms with E-state index in [1.54, 1.807) is 4.90 Å². The van der Waals surface area contributed by atoms with Crippen molar-refractivity contribution in [3.8, 4) is 5.75 Å². The number of amides is 1. The number of aliphatic hydroxyl groups is 1. The molecule has 4 nitrogen and oxygen atoms in total. The van der Waals surface area contributed by atoms with Crippen molar-refractivity contribution in [2.75, 3.05) is 13.6 Å². The summed E-state index contributed by atoms with van der Waals surface area (Å²) in [5.74, 6) is 2.30. The molecule has 0 bridgehead atoms. The monoisotopic (exact) mass is 447 g/mol. The minimum Gasteiger partial charge on any atom is -0.489 e. The molecule has 33 heavy (non-hydrogen) atoms. The molecule has 4 heteroatoms. The number of hydrogen-bond acceptors (Lipinski definition) is 3. The van der Waals surface area contributed by atoms with Crippen LogP contribution in [0, 0.1) is 23.2 Å². The summed E-state index contributed by atoms with van der Waals surface area (Å²) in [5.41, 5.74) is 3.92. The Morgan fingerprint density at radius 2 is 1.97 bits per heavy atom. The van der Waals surface area contributed by atoms with Crippen LogP contribution in [0.15, 0.2) is 48.5 Å². The highest BCUT2D eigenvalue weighted by Crippen LogP contribution is 2.62. The van der Waals surface area contributed by atoms with Gasteiger partial charge in [0, 0.05) is 13.6 Å². The largest absolute Gasteiger partial charge is 0.489 e. The van der Waals surface area contributed by atoms with E-state index in [4.69, 9.17) is 4.74 Å². The van der Waals surface area contributed by atoms with E-state index in [0.717, 1.165) is 37.9 Å². The maximum absolute atomic E-state index is 13.0. The molecule has 5 rings (SSSR count). The van der Waals surface area contributed by atoms with E-state index >= 15 is 0 Å². The number of aryl methyl sites for hydroxylation is 1. The maximum atomic E-state index is 13.0. The Morgan fingerprint density at radius 3 is 2.73 bits per heavy atom. The van der Waals surface area contributed by atoms with Crippen LogP contribution < -0.4 is 4.74 Å². The van der Waals surface area contributed by atoms with Crippen LogP contribution in [0.25, 0.3) is 0 Å². The van der Waals surface area contributed by atoms with E-state index in [-0.39, 0.29) is 17.2 Å². The molecular formula is C29H37NO3. The van der Waals surface area contributed by atoms with Gasteiger partial charge >= 0.3 is 0 Å². The SMILES string of the molecule is CCN(C)C(=O)C1CC2C3CCc4cc(OCc5ccccc5)ccc4C3CC[C@]2(C)[C@H]1O. The third-order valence-electron chi connectivity index (χ3n) is 9.12. The summed E-state index contributed by atoms with van der Waals surface area (Å²) in [4.78, 5) is 14.8. The smallest absolute Gasteiger partial charge is 0.228 e. The molecule has 2 fully saturated rings. The minimum atomic E-state index is -0.528. The van der Waals surface area contributed by atoms with E-state index in [9.17, 15) is 9.90 Å². The van der Waals surface area contributed by atoms with Crippen molar-refractivity contribution in [3.63, 3.8) is 0 Å². The van der Waals surface area contributed by atoms with Crippen LogP contribution in [0.5, 0.6) is 5.75 Å². The lowest BCUT2D eigenvalue weighted by Crippen LogP contribution is -2.45. The Labute approximate surface area is 198 Å². The van der Waals surface area contributed by atoms with Gasteiger partial charge in [-0.2, -0.15) is 0 Å². The molecule has 6 atom stereocenters. The average molecular weight is 448 g/mol. The Balaban J connectivity index is 1.33. The van der Waals surface area contributed by atoms with E-state index < -0.39 is 6.10 Å². The van der Waals surface area contributed by atoms with Crippen LogP contribution in [0.1, 0.15) is 62.1 Å². The second kappa shape index (κ2) is 8.79. The van der Waals surface area contributed by atoms with Gasteiger partial charge in [0.1, 0.15) is 12.4 Å².